The van der Waals surface area contributed by atoms with Gasteiger partial charge in [0.05, 0.1) is 29.6 Å². The maximum absolute atomic E-state index is 12.9. The number of carboxylic acids is 1. The van der Waals surface area contributed by atoms with Crippen molar-refractivity contribution in [1.29, 1.82) is 0 Å². The van der Waals surface area contributed by atoms with Crippen LogP contribution in [0.2, 0.25) is 0 Å². The molecule has 4 N–H and O–H groups in total. The topological polar surface area (TPSA) is 119 Å². The molecule has 4 rings (SSSR count). The molecule has 5 atom stereocenters. The molecule has 0 aromatic carbocycles. The predicted octanol–water partition coefficient (Wildman–Crippen LogP) is 2.18. The van der Waals surface area contributed by atoms with Crippen LogP contribution in [0.3, 0.4) is 0 Å². The van der Waals surface area contributed by atoms with Crippen molar-refractivity contribution in [2.24, 2.45) is 23.5 Å². The zero-order chi connectivity index (χ0) is 19.3. The van der Waals surface area contributed by atoms with E-state index in [1.54, 1.807) is 0 Å². The number of carboxylic acid groups (broad SMARTS) is 1. The first kappa shape index (κ1) is 18.4. The summed E-state index contributed by atoms with van der Waals surface area (Å²) in [6.07, 6.45) is 4.35. The van der Waals surface area contributed by atoms with Gasteiger partial charge < -0.3 is 20.9 Å². The minimum atomic E-state index is -1.01. The number of rotatable bonds is 5. The smallest absolute Gasteiger partial charge is 0.310 e. The molecule has 2 aliphatic heterocycles. The van der Waals surface area contributed by atoms with E-state index in [-0.39, 0.29) is 12.0 Å². The fourth-order valence-electron chi connectivity index (χ4n) is 4.87. The average molecular weight is 392 g/mol. The number of primary amides is 1. The number of ether oxygens (including phenoxy) is 1. The molecule has 1 aromatic rings. The van der Waals surface area contributed by atoms with Gasteiger partial charge in [-0.15, -0.1) is 11.3 Å². The Morgan fingerprint density at radius 1 is 1.22 bits per heavy atom. The van der Waals surface area contributed by atoms with Gasteiger partial charge in [0.25, 0.3) is 5.91 Å². The van der Waals surface area contributed by atoms with Crippen LogP contribution in [0.15, 0.2) is 0 Å². The van der Waals surface area contributed by atoms with Crippen molar-refractivity contribution in [2.45, 2.75) is 57.7 Å². The van der Waals surface area contributed by atoms with Crippen LogP contribution >= 0.6 is 11.3 Å². The van der Waals surface area contributed by atoms with Gasteiger partial charge in [-0.25, -0.2) is 0 Å². The molecule has 3 aliphatic rings. The number of hydrogen-bond donors (Lipinski definition) is 3. The zero-order valence-corrected chi connectivity index (χ0v) is 16.0. The van der Waals surface area contributed by atoms with E-state index in [1.807, 2.05) is 0 Å². The van der Waals surface area contributed by atoms with Crippen LogP contribution in [0.5, 0.6) is 0 Å². The normalized spacial score (nSPS) is 31.5. The van der Waals surface area contributed by atoms with Crippen LogP contribution < -0.4 is 11.1 Å². The maximum atomic E-state index is 12.9. The van der Waals surface area contributed by atoms with Crippen molar-refractivity contribution in [3.63, 3.8) is 0 Å². The maximum Gasteiger partial charge on any atom is 0.310 e. The lowest BCUT2D eigenvalue weighted by molar-refractivity contribution is -0.147. The summed E-state index contributed by atoms with van der Waals surface area (Å²) in [5.74, 6) is -2.92. The van der Waals surface area contributed by atoms with Crippen LogP contribution in [0.25, 0.3) is 0 Å². The summed E-state index contributed by atoms with van der Waals surface area (Å²) in [5.41, 5.74) is 6.96. The quantitative estimate of drug-likeness (QED) is 0.710. The van der Waals surface area contributed by atoms with E-state index in [0.717, 1.165) is 36.1 Å². The Hall–Kier alpha value is -1.93. The molecule has 1 aromatic heterocycles. The molecule has 2 fully saturated rings. The van der Waals surface area contributed by atoms with Gasteiger partial charge >= 0.3 is 5.97 Å². The summed E-state index contributed by atoms with van der Waals surface area (Å²) in [4.78, 5) is 37.7. The molecule has 3 heterocycles. The third-order valence-electron chi connectivity index (χ3n) is 6.29. The number of nitrogens with one attached hydrogen (secondary N) is 1. The number of amides is 2. The third kappa shape index (κ3) is 3.04. The van der Waals surface area contributed by atoms with Gasteiger partial charge in [-0.3, -0.25) is 14.4 Å². The number of fused-ring (bicyclic) bond motifs is 3. The second-order valence-corrected chi connectivity index (χ2v) is 8.86. The fourth-order valence-corrected chi connectivity index (χ4v) is 6.24. The van der Waals surface area contributed by atoms with Gasteiger partial charge in [0.1, 0.15) is 5.00 Å². The van der Waals surface area contributed by atoms with E-state index < -0.39 is 29.8 Å². The molecule has 2 saturated heterocycles. The molecule has 0 spiro atoms. The highest BCUT2D eigenvalue weighted by molar-refractivity contribution is 7.17. The molecule has 0 radical (unpaired) electrons. The number of thiophene rings is 1. The predicted molar refractivity (Wildman–Crippen MR) is 99.8 cm³/mol. The summed E-state index contributed by atoms with van der Waals surface area (Å²) in [5, 5.41) is 12.8. The first-order valence-electron chi connectivity index (χ1n) is 9.54. The van der Waals surface area contributed by atoms with Crippen LogP contribution in [-0.2, 0) is 27.2 Å². The third-order valence-corrected chi connectivity index (χ3v) is 7.46. The lowest BCUT2D eigenvalue weighted by Gasteiger charge is -2.23. The van der Waals surface area contributed by atoms with E-state index in [1.165, 1.54) is 11.3 Å². The van der Waals surface area contributed by atoms with Crippen LogP contribution in [-0.4, -0.2) is 35.1 Å². The SMILES string of the molecule is CCC1CCc2c(sc(NC(=O)C3C4CCC(O4)C3C(=O)O)c2C(N)=O)C1. The minimum Gasteiger partial charge on any atom is -0.481 e. The highest BCUT2D eigenvalue weighted by Crippen LogP contribution is 2.45. The molecule has 0 saturated carbocycles. The van der Waals surface area contributed by atoms with Crippen molar-refractivity contribution < 1.29 is 24.2 Å². The van der Waals surface area contributed by atoms with Crippen LogP contribution in [0.4, 0.5) is 5.00 Å². The van der Waals surface area contributed by atoms with Gasteiger partial charge in [0.15, 0.2) is 0 Å². The Labute approximate surface area is 161 Å². The second kappa shape index (κ2) is 6.91. The first-order chi connectivity index (χ1) is 12.9. The molecule has 7 nitrogen and oxygen atoms in total. The summed E-state index contributed by atoms with van der Waals surface area (Å²) in [6.45, 7) is 2.15. The van der Waals surface area contributed by atoms with Gasteiger partial charge in [-0.1, -0.05) is 13.3 Å². The largest absolute Gasteiger partial charge is 0.481 e. The molecule has 2 amide bonds. The number of carbonyl (C=O) groups is 3. The second-order valence-electron chi connectivity index (χ2n) is 7.76. The van der Waals surface area contributed by atoms with Gasteiger partial charge in [-0.05, 0) is 43.6 Å². The Balaban J connectivity index is 1.61. The van der Waals surface area contributed by atoms with Crippen molar-refractivity contribution in [3.05, 3.63) is 16.0 Å². The number of aliphatic carboxylic acids is 1. The Morgan fingerprint density at radius 2 is 1.93 bits per heavy atom. The van der Waals surface area contributed by atoms with E-state index in [0.29, 0.717) is 29.3 Å². The highest BCUT2D eigenvalue weighted by Gasteiger charge is 2.55. The van der Waals surface area contributed by atoms with Crippen molar-refractivity contribution in [3.8, 4) is 0 Å². The molecule has 2 bridgehead atoms. The lowest BCUT2D eigenvalue weighted by atomic mass is 9.78. The average Bonchev–Trinajstić information content (AvgIpc) is 3.32. The van der Waals surface area contributed by atoms with E-state index in [4.69, 9.17) is 10.5 Å². The fraction of sp³-hybridized carbons (Fsp3) is 0.632. The minimum absolute atomic E-state index is 0.368. The molecule has 1 aliphatic carbocycles. The number of nitrogens with two attached hydrogens (primary N) is 1. The number of hydrogen-bond acceptors (Lipinski definition) is 5. The molecule has 8 heteroatoms. The molecular formula is C19H24N2O5S. The summed E-state index contributed by atoms with van der Waals surface area (Å²) in [6, 6.07) is 0. The van der Waals surface area contributed by atoms with Crippen LogP contribution in [0.1, 0.15) is 53.4 Å². The summed E-state index contributed by atoms with van der Waals surface area (Å²) in [7, 11) is 0. The molecule has 5 unspecified atom stereocenters. The standard InChI is InChI=1S/C19H24N2O5S/c1-2-8-3-4-9-12(7-8)27-18(13(9)16(20)22)21-17(23)14-10-5-6-11(26-10)15(14)19(24)25/h8,10-11,14-15H,2-7H2,1H3,(H2,20,22)(H,21,23)(H,24,25). The number of anilines is 1. The van der Waals surface area contributed by atoms with E-state index >= 15 is 0 Å². The van der Waals surface area contributed by atoms with Gasteiger partial charge in [0.2, 0.25) is 5.91 Å². The zero-order valence-electron chi connectivity index (χ0n) is 15.2. The molecular weight excluding hydrogens is 368 g/mol. The summed E-state index contributed by atoms with van der Waals surface area (Å²) < 4.78 is 5.68. The monoisotopic (exact) mass is 392 g/mol. The van der Waals surface area contributed by atoms with Crippen molar-refractivity contribution in [2.75, 3.05) is 5.32 Å². The summed E-state index contributed by atoms with van der Waals surface area (Å²) >= 11 is 1.41. The Bertz CT molecular complexity index is 804. The van der Waals surface area contributed by atoms with Gasteiger partial charge in [-0.2, -0.15) is 0 Å². The molecule has 146 valence electrons. The Morgan fingerprint density at radius 3 is 2.56 bits per heavy atom. The van der Waals surface area contributed by atoms with Gasteiger partial charge in [0, 0.05) is 4.88 Å². The number of carbonyl (C=O) groups excluding carboxylic acids is 2. The molecule has 27 heavy (non-hydrogen) atoms. The van der Waals surface area contributed by atoms with Crippen molar-refractivity contribution in [1.82, 2.24) is 0 Å². The van der Waals surface area contributed by atoms with E-state index in [9.17, 15) is 19.5 Å². The van der Waals surface area contributed by atoms with E-state index in [2.05, 4.69) is 12.2 Å². The Kier molecular flexibility index (Phi) is 4.71. The highest BCUT2D eigenvalue weighted by atomic mass is 32.1. The lowest BCUT2D eigenvalue weighted by Crippen LogP contribution is -2.41. The van der Waals surface area contributed by atoms with Crippen LogP contribution in [0, 0.1) is 17.8 Å². The van der Waals surface area contributed by atoms with Crippen molar-refractivity contribution >= 4 is 34.1 Å². The first-order valence-corrected chi connectivity index (χ1v) is 10.4.